The molecule has 114 valence electrons. The summed E-state index contributed by atoms with van der Waals surface area (Å²) in [5.41, 5.74) is 7.23. The third kappa shape index (κ3) is 3.51. The highest BCUT2D eigenvalue weighted by atomic mass is 32.1. The van der Waals surface area contributed by atoms with Gasteiger partial charge in [-0.15, -0.1) is 11.3 Å². The van der Waals surface area contributed by atoms with Crippen molar-refractivity contribution in [3.05, 3.63) is 23.2 Å². The summed E-state index contributed by atoms with van der Waals surface area (Å²) in [6.45, 7) is 9.04. The summed E-state index contributed by atoms with van der Waals surface area (Å²) in [5.74, 6) is -0.116. The van der Waals surface area contributed by atoms with Crippen molar-refractivity contribution in [2.24, 2.45) is 0 Å². The molecule has 2 heterocycles. The number of fused-ring (bicyclic) bond motifs is 1. The standard InChI is InChI=1S/C15H22N4OS/c1-4-19(5-2)9-10(3)18-15(20)14-12(16)13-11(21-14)7-6-8-17-13/h6-8,10H,4-5,9,16H2,1-3H3,(H,18,20). The summed E-state index contributed by atoms with van der Waals surface area (Å²) < 4.78 is 0.941. The Hall–Kier alpha value is -1.66. The Morgan fingerprint density at radius 3 is 2.81 bits per heavy atom. The third-order valence-electron chi connectivity index (χ3n) is 3.49. The molecular weight excluding hydrogens is 284 g/mol. The molecule has 0 spiro atoms. The Morgan fingerprint density at radius 2 is 2.19 bits per heavy atom. The molecule has 0 aliphatic heterocycles. The molecule has 2 rings (SSSR count). The number of pyridine rings is 1. The quantitative estimate of drug-likeness (QED) is 0.859. The van der Waals surface area contributed by atoms with Crippen LogP contribution in [0.4, 0.5) is 5.69 Å². The lowest BCUT2D eigenvalue weighted by Gasteiger charge is -2.23. The lowest BCUT2D eigenvalue weighted by molar-refractivity contribution is 0.0935. The molecular formula is C15H22N4OS. The number of amides is 1. The van der Waals surface area contributed by atoms with Gasteiger partial charge in [-0.2, -0.15) is 0 Å². The van der Waals surface area contributed by atoms with E-state index >= 15 is 0 Å². The van der Waals surface area contributed by atoms with E-state index in [4.69, 9.17) is 5.73 Å². The first-order valence-corrected chi connectivity index (χ1v) is 8.04. The fraction of sp³-hybridized carbons (Fsp3) is 0.467. The van der Waals surface area contributed by atoms with Gasteiger partial charge in [-0.05, 0) is 32.1 Å². The topological polar surface area (TPSA) is 71.2 Å². The number of nitrogens with one attached hydrogen (secondary N) is 1. The Labute approximate surface area is 129 Å². The molecule has 1 atom stereocenters. The van der Waals surface area contributed by atoms with Gasteiger partial charge in [0.2, 0.25) is 0 Å². The van der Waals surface area contributed by atoms with Crippen molar-refractivity contribution >= 4 is 33.1 Å². The van der Waals surface area contributed by atoms with Gasteiger partial charge in [-0.1, -0.05) is 13.8 Å². The molecule has 0 saturated carbocycles. The van der Waals surface area contributed by atoms with Gasteiger partial charge in [0.1, 0.15) is 10.4 Å². The number of carbonyl (C=O) groups is 1. The summed E-state index contributed by atoms with van der Waals surface area (Å²) in [6.07, 6.45) is 1.69. The number of carbonyl (C=O) groups excluding carboxylic acids is 1. The van der Waals surface area contributed by atoms with Gasteiger partial charge in [-0.3, -0.25) is 9.78 Å². The summed E-state index contributed by atoms with van der Waals surface area (Å²) in [6, 6.07) is 3.86. The maximum absolute atomic E-state index is 12.4. The molecule has 0 aliphatic rings. The van der Waals surface area contributed by atoms with Gasteiger partial charge in [0, 0.05) is 18.8 Å². The van der Waals surface area contributed by atoms with Gasteiger partial charge in [0.15, 0.2) is 0 Å². The number of rotatable bonds is 6. The van der Waals surface area contributed by atoms with Crippen molar-refractivity contribution < 1.29 is 4.79 Å². The highest BCUT2D eigenvalue weighted by Crippen LogP contribution is 2.31. The SMILES string of the molecule is CCN(CC)CC(C)NC(=O)c1sc2cccnc2c1N. The van der Waals surface area contributed by atoms with Crippen LogP contribution in [0.5, 0.6) is 0 Å². The number of nitrogen functional groups attached to an aromatic ring is 1. The molecule has 0 fully saturated rings. The van der Waals surface area contributed by atoms with E-state index in [-0.39, 0.29) is 11.9 Å². The number of anilines is 1. The number of nitrogens with two attached hydrogens (primary N) is 1. The minimum atomic E-state index is -0.116. The van der Waals surface area contributed by atoms with Gasteiger partial charge in [0.25, 0.3) is 5.91 Å². The second kappa shape index (κ2) is 6.87. The molecule has 5 nitrogen and oxygen atoms in total. The van der Waals surface area contributed by atoms with Crippen LogP contribution in [-0.2, 0) is 0 Å². The average molecular weight is 306 g/mol. The number of nitrogens with zero attached hydrogens (tertiary/aromatic N) is 2. The lowest BCUT2D eigenvalue weighted by Crippen LogP contribution is -2.41. The highest BCUT2D eigenvalue weighted by molar-refractivity contribution is 7.21. The molecule has 6 heteroatoms. The molecule has 0 saturated heterocycles. The lowest BCUT2D eigenvalue weighted by atomic mass is 10.2. The van der Waals surface area contributed by atoms with Crippen LogP contribution >= 0.6 is 11.3 Å². The fourth-order valence-electron chi connectivity index (χ4n) is 2.32. The molecule has 2 aromatic rings. The van der Waals surface area contributed by atoms with E-state index in [2.05, 4.69) is 29.0 Å². The number of hydrogen-bond acceptors (Lipinski definition) is 5. The predicted molar refractivity (Wildman–Crippen MR) is 88.7 cm³/mol. The summed E-state index contributed by atoms with van der Waals surface area (Å²) >= 11 is 1.39. The number of thiophene rings is 1. The molecule has 21 heavy (non-hydrogen) atoms. The smallest absolute Gasteiger partial charge is 0.263 e. The van der Waals surface area contributed by atoms with Crippen LogP contribution in [-0.4, -0.2) is 41.5 Å². The monoisotopic (exact) mass is 306 g/mol. The van der Waals surface area contributed by atoms with Crippen LogP contribution in [0.25, 0.3) is 10.2 Å². The van der Waals surface area contributed by atoms with Crippen LogP contribution in [0.2, 0.25) is 0 Å². The fourth-order valence-corrected chi connectivity index (χ4v) is 3.30. The predicted octanol–water partition coefficient (Wildman–Crippen LogP) is 2.34. The Kier molecular flexibility index (Phi) is 5.14. The van der Waals surface area contributed by atoms with Crippen LogP contribution in [0, 0.1) is 0 Å². The van der Waals surface area contributed by atoms with Crippen molar-refractivity contribution in [1.29, 1.82) is 0 Å². The normalized spacial score (nSPS) is 12.8. The number of likely N-dealkylation sites (N-methyl/N-ethyl adjacent to an activating group) is 1. The van der Waals surface area contributed by atoms with E-state index in [1.807, 2.05) is 19.1 Å². The van der Waals surface area contributed by atoms with E-state index in [1.165, 1.54) is 11.3 Å². The Bertz CT molecular complexity index is 621. The van der Waals surface area contributed by atoms with Crippen LogP contribution in [0.3, 0.4) is 0 Å². The second-order valence-electron chi connectivity index (χ2n) is 5.06. The average Bonchev–Trinajstić information content (AvgIpc) is 2.82. The first-order valence-electron chi connectivity index (χ1n) is 7.23. The molecule has 0 aromatic carbocycles. The molecule has 1 unspecified atom stereocenters. The first kappa shape index (κ1) is 15.7. The summed E-state index contributed by atoms with van der Waals surface area (Å²) in [7, 11) is 0. The van der Waals surface area contributed by atoms with Crippen LogP contribution in [0.15, 0.2) is 18.3 Å². The largest absolute Gasteiger partial charge is 0.396 e. The molecule has 0 radical (unpaired) electrons. The van der Waals surface area contributed by atoms with Gasteiger partial charge < -0.3 is 16.0 Å². The van der Waals surface area contributed by atoms with Crippen molar-refractivity contribution in [1.82, 2.24) is 15.2 Å². The first-order chi connectivity index (χ1) is 10.1. The van der Waals surface area contributed by atoms with E-state index in [1.54, 1.807) is 6.20 Å². The summed E-state index contributed by atoms with van der Waals surface area (Å²) in [4.78, 5) is 19.4. The Balaban J connectivity index is 2.10. The van der Waals surface area contributed by atoms with E-state index < -0.39 is 0 Å². The van der Waals surface area contributed by atoms with Crippen molar-refractivity contribution in [2.45, 2.75) is 26.8 Å². The van der Waals surface area contributed by atoms with Crippen LogP contribution in [0.1, 0.15) is 30.4 Å². The minimum absolute atomic E-state index is 0.0787. The van der Waals surface area contributed by atoms with E-state index in [0.717, 1.165) is 24.3 Å². The van der Waals surface area contributed by atoms with E-state index in [9.17, 15) is 4.79 Å². The Morgan fingerprint density at radius 1 is 1.48 bits per heavy atom. The molecule has 0 bridgehead atoms. The van der Waals surface area contributed by atoms with Gasteiger partial charge >= 0.3 is 0 Å². The molecule has 1 amide bonds. The molecule has 0 aliphatic carbocycles. The van der Waals surface area contributed by atoms with Gasteiger partial charge in [-0.25, -0.2) is 0 Å². The number of hydrogen-bond donors (Lipinski definition) is 2. The van der Waals surface area contributed by atoms with E-state index in [0.29, 0.717) is 16.1 Å². The maximum Gasteiger partial charge on any atom is 0.263 e. The summed E-state index contributed by atoms with van der Waals surface area (Å²) in [5, 5.41) is 3.02. The molecule has 3 N–H and O–H groups in total. The zero-order valence-corrected chi connectivity index (χ0v) is 13.5. The van der Waals surface area contributed by atoms with Gasteiger partial charge in [0.05, 0.1) is 10.4 Å². The molecule has 2 aromatic heterocycles. The third-order valence-corrected chi connectivity index (χ3v) is 4.65. The highest BCUT2D eigenvalue weighted by Gasteiger charge is 2.19. The minimum Gasteiger partial charge on any atom is -0.396 e. The van der Waals surface area contributed by atoms with Crippen molar-refractivity contribution in [3.63, 3.8) is 0 Å². The zero-order valence-electron chi connectivity index (χ0n) is 12.7. The second-order valence-corrected chi connectivity index (χ2v) is 6.11. The zero-order chi connectivity index (χ0) is 15.4. The van der Waals surface area contributed by atoms with Crippen LogP contribution < -0.4 is 11.1 Å². The maximum atomic E-state index is 12.4. The van der Waals surface area contributed by atoms with Crippen molar-refractivity contribution in [3.8, 4) is 0 Å². The van der Waals surface area contributed by atoms with Crippen molar-refractivity contribution in [2.75, 3.05) is 25.4 Å². The number of aromatic nitrogens is 1.